The van der Waals surface area contributed by atoms with Crippen LogP contribution in [0.25, 0.3) is 0 Å². The molecule has 1 amide bonds. The van der Waals surface area contributed by atoms with E-state index < -0.39 is 16.0 Å². The van der Waals surface area contributed by atoms with Gasteiger partial charge in [-0.25, -0.2) is 13.2 Å². The summed E-state index contributed by atoms with van der Waals surface area (Å²) in [6.07, 6.45) is 1.82. The third kappa shape index (κ3) is 5.65. The number of ether oxygens (including phenoxy) is 1. The monoisotopic (exact) mass is 456 g/mol. The largest absolute Gasteiger partial charge is 0.465 e. The second-order valence-electron chi connectivity index (χ2n) is 6.30. The first-order valence-electron chi connectivity index (χ1n) is 8.48. The molecule has 2 aromatic carbocycles. The number of halogens is 1. The normalized spacial score (nSPS) is 11.2. The van der Waals surface area contributed by atoms with Gasteiger partial charge in [-0.2, -0.15) is 0 Å². The van der Waals surface area contributed by atoms with E-state index >= 15 is 0 Å². The quantitative estimate of drug-likeness (QED) is 0.477. The van der Waals surface area contributed by atoms with Crippen LogP contribution >= 0.6 is 23.4 Å². The van der Waals surface area contributed by atoms with E-state index in [9.17, 15) is 18.0 Å². The van der Waals surface area contributed by atoms with E-state index in [-0.39, 0.29) is 33.0 Å². The Balaban J connectivity index is 2.41. The van der Waals surface area contributed by atoms with Gasteiger partial charge >= 0.3 is 5.97 Å². The maximum atomic E-state index is 12.9. The molecule has 0 heterocycles. The first-order chi connectivity index (χ1) is 13.6. The number of methoxy groups -OCH3 is 1. The molecule has 0 saturated carbocycles. The Kier molecular flexibility index (Phi) is 7.56. The van der Waals surface area contributed by atoms with Crippen LogP contribution in [-0.4, -0.2) is 33.7 Å². The standard InChI is InChI=1S/C19H21ClN2O5S2/c1-11(2)18(23)21-16-10-13(6-8-17(16)28-4)29(25,26)22-15-9-12(19(24)27-3)5-7-14(15)20/h5-11,22H,1-4H3,(H,21,23). The average Bonchev–Trinajstić information content (AvgIpc) is 2.68. The second kappa shape index (κ2) is 9.51. The molecule has 156 valence electrons. The molecule has 0 aliphatic rings. The van der Waals surface area contributed by atoms with Crippen LogP contribution in [-0.2, 0) is 19.6 Å². The van der Waals surface area contributed by atoms with Gasteiger partial charge in [-0.05, 0) is 42.7 Å². The highest BCUT2D eigenvalue weighted by atomic mass is 35.5. The summed E-state index contributed by atoms with van der Waals surface area (Å²) in [6.45, 7) is 3.49. The number of rotatable bonds is 7. The predicted molar refractivity (Wildman–Crippen MR) is 115 cm³/mol. The minimum atomic E-state index is -4.04. The fourth-order valence-corrected chi connectivity index (χ4v) is 4.13. The highest BCUT2D eigenvalue weighted by Gasteiger charge is 2.20. The van der Waals surface area contributed by atoms with Crippen molar-refractivity contribution in [2.75, 3.05) is 23.4 Å². The summed E-state index contributed by atoms with van der Waals surface area (Å²) < 4.78 is 32.8. The number of hydrogen-bond donors (Lipinski definition) is 2. The maximum absolute atomic E-state index is 12.9. The average molecular weight is 457 g/mol. The van der Waals surface area contributed by atoms with Gasteiger partial charge in [0, 0.05) is 10.8 Å². The number of amides is 1. The topological polar surface area (TPSA) is 102 Å². The third-order valence-corrected chi connectivity index (χ3v) is 6.38. The van der Waals surface area contributed by atoms with Crippen LogP contribution in [0.2, 0.25) is 5.02 Å². The molecule has 0 atom stereocenters. The smallest absolute Gasteiger partial charge is 0.337 e. The van der Waals surface area contributed by atoms with Crippen LogP contribution in [0.3, 0.4) is 0 Å². The van der Waals surface area contributed by atoms with Gasteiger partial charge in [0.15, 0.2) is 0 Å². The molecule has 0 saturated heterocycles. The Morgan fingerprint density at radius 2 is 1.79 bits per heavy atom. The molecule has 0 aliphatic carbocycles. The number of esters is 1. The Morgan fingerprint density at radius 1 is 1.10 bits per heavy atom. The van der Waals surface area contributed by atoms with Gasteiger partial charge in [0.05, 0.1) is 34.0 Å². The Morgan fingerprint density at radius 3 is 2.38 bits per heavy atom. The van der Waals surface area contributed by atoms with Gasteiger partial charge in [-0.1, -0.05) is 25.4 Å². The first kappa shape index (κ1) is 23.1. The molecule has 29 heavy (non-hydrogen) atoms. The van der Waals surface area contributed by atoms with Gasteiger partial charge in [-0.3, -0.25) is 9.52 Å². The lowest BCUT2D eigenvalue weighted by molar-refractivity contribution is -0.118. The Labute approximate surface area is 179 Å². The van der Waals surface area contributed by atoms with Crippen molar-refractivity contribution in [3.05, 3.63) is 47.0 Å². The molecule has 2 N–H and O–H groups in total. The summed E-state index contributed by atoms with van der Waals surface area (Å²) in [5, 5.41) is 2.86. The second-order valence-corrected chi connectivity index (χ2v) is 9.24. The molecular weight excluding hydrogens is 436 g/mol. The van der Waals surface area contributed by atoms with Crippen LogP contribution in [0.15, 0.2) is 46.2 Å². The summed E-state index contributed by atoms with van der Waals surface area (Å²) in [7, 11) is -2.81. The van der Waals surface area contributed by atoms with Crippen molar-refractivity contribution in [3.63, 3.8) is 0 Å². The van der Waals surface area contributed by atoms with Gasteiger partial charge in [0.25, 0.3) is 10.0 Å². The van der Waals surface area contributed by atoms with Gasteiger partial charge in [0.1, 0.15) is 0 Å². The lowest BCUT2D eigenvalue weighted by atomic mass is 10.2. The number of carbonyl (C=O) groups is 2. The van der Waals surface area contributed by atoms with Crippen LogP contribution in [0.4, 0.5) is 11.4 Å². The zero-order chi connectivity index (χ0) is 21.8. The minimum Gasteiger partial charge on any atom is -0.465 e. The van der Waals surface area contributed by atoms with Gasteiger partial charge in [-0.15, -0.1) is 11.8 Å². The number of hydrogen-bond acceptors (Lipinski definition) is 6. The fourth-order valence-electron chi connectivity index (χ4n) is 2.28. The van der Waals surface area contributed by atoms with E-state index in [1.807, 2.05) is 6.26 Å². The van der Waals surface area contributed by atoms with Crippen LogP contribution in [0, 0.1) is 5.92 Å². The van der Waals surface area contributed by atoms with Crippen LogP contribution < -0.4 is 10.0 Å². The van der Waals surface area contributed by atoms with E-state index in [1.54, 1.807) is 19.9 Å². The molecule has 0 unspecified atom stereocenters. The van der Waals surface area contributed by atoms with Crippen LogP contribution in [0.1, 0.15) is 24.2 Å². The molecule has 0 aromatic heterocycles. The summed E-state index contributed by atoms with van der Waals surface area (Å²) in [5.74, 6) is -1.11. The lowest BCUT2D eigenvalue weighted by Crippen LogP contribution is -2.19. The molecule has 2 rings (SSSR count). The molecule has 0 radical (unpaired) electrons. The Bertz CT molecular complexity index is 1040. The zero-order valence-corrected chi connectivity index (χ0v) is 18.7. The highest BCUT2D eigenvalue weighted by molar-refractivity contribution is 7.98. The number of benzene rings is 2. The minimum absolute atomic E-state index is 0.0382. The van der Waals surface area contributed by atoms with Gasteiger partial charge in [0.2, 0.25) is 5.91 Å². The number of nitrogens with one attached hydrogen (secondary N) is 2. The van der Waals surface area contributed by atoms with Crippen molar-refractivity contribution in [3.8, 4) is 0 Å². The van der Waals surface area contributed by atoms with Crippen molar-refractivity contribution < 1.29 is 22.7 Å². The van der Waals surface area contributed by atoms with Crippen LogP contribution in [0.5, 0.6) is 0 Å². The summed E-state index contributed by atoms with van der Waals surface area (Å²) in [6, 6.07) is 8.55. The number of carbonyl (C=O) groups excluding carboxylic acids is 2. The van der Waals surface area contributed by atoms with Gasteiger partial charge < -0.3 is 10.1 Å². The molecule has 0 aliphatic heterocycles. The number of anilines is 2. The molecule has 2 aromatic rings. The first-order valence-corrected chi connectivity index (χ1v) is 11.6. The van der Waals surface area contributed by atoms with Crippen molar-refractivity contribution in [1.82, 2.24) is 0 Å². The SMILES string of the molecule is COC(=O)c1ccc(Cl)c(NS(=O)(=O)c2ccc(SC)c(NC(=O)C(C)C)c2)c1. The van der Waals surface area contributed by atoms with E-state index in [2.05, 4.69) is 14.8 Å². The van der Waals surface area contributed by atoms with Crippen molar-refractivity contribution in [2.24, 2.45) is 5.92 Å². The molecule has 0 fully saturated rings. The molecule has 10 heteroatoms. The van der Waals surface area contributed by atoms with E-state index in [0.717, 1.165) is 4.90 Å². The lowest BCUT2D eigenvalue weighted by Gasteiger charge is -2.15. The zero-order valence-electron chi connectivity index (χ0n) is 16.3. The third-order valence-electron chi connectivity index (χ3n) is 3.90. The fraction of sp³-hybridized carbons (Fsp3) is 0.263. The summed E-state index contributed by atoms with van der Waals surface area (Å²) in [4.78, 5) is 24.4. The van der Waals surface area contributed by atoms with E-state index in [4.69, 9.17) is 11.6 Å². The predicted octanol–water partition coefficient (Wildman–Crippen LogP) is 4.24. The van der Waals surface area contributed by atoms with Crippen molar-refractivity contribution in [1.29, 1.82) is 0 Å². The highest BCUT2D eigenvalue weighted by Crippen LogP contribution is 2.31. The van der Waals surface area contributed by atoms with E-state index in [0.29, 0.717) is 5.69 Å². The Hall–Kier alpha value is -2.23. The molecule has 0 bridgehead atoms. The van der Waals surface area contributed by atoms with Crippen molar-refractivity contribution in [2.45, 2.75) is 23.6 Å². The molecule has 0 spiro atoms. The van der Waals surface area contributed by atoms with E-state index in [1.165, 1.54) is 49.2 Å². The molecule has 7 nitrogen and oxygen atoms in total. The molecular formula is C19H21ClN2O5S2. The summed E-state index contributed by atoms with van der Waals surface area (Å²) in [5.41, 5.74) is 0.585. The number of sulfonamides is 1. The summed E-state index contributed by atoms with van der Waals surface area (Å²) >= 11 is 7.46. The number of thioether (sulfide) groups is 1. The van der Waals surface area contributed by atoms with Crippen molar-refractivity contribution >= 4 is 56.6 Å². The maximum Gasteiger partial charge on any atom is 0.337 e.